The van der Waals surface area contributed by atoms with Crippen LogP contribution in [0.5, 0.6) is 5.75 Å². The van der Waals surface area contributed by atoms with Gasteiger partial charge in [-0.3, -0.25) is 9.78 Å². The van der Waals surface area contributed by atoms with Crippen LogP contribution in [0.3, 0.4) is 0 Å². The predicted octanol–water partition coefficient (Wildman–Crippen LogP) is 0.622. The number of ether oxygens (including phenoxy) is 2. The summed E-state index contributed by atoms with van der Waals surface area (Å²) in [6.45, 7) is 0. The van der Waals surface area contributed by atoms with E-state index in [0.717, 1.165) is 24.3 Å². The lowest BCUT2D eigenvalue weighted by Crippen LogP contribution is -2.43. The van der Waals surface area contributed by atoms with Crippen LogP contribution in [-0.2, 0) is 14.9 Å². The van der Waals surface area contributed by atoms with Crippen molar-refractivity contribution < 1.29 is 14.3 Å². The molecule has 5 nitrogen and oxygen atoms in total. The Hall–Kier alpha value is -1.62. The summed E-state index contributed by atoms with van der Waals surface area (Å²) in [6, 6.07) is 2.94. The Morgan fingerprint density at radius 1 is 1.53 bits per heavy atom. The van der Waals surface area contributed by atoms with Crippen molar-refractivity contribution in [3.05, 3.63) is 24.0 Å². The molecule has 0 spiro atoms. The highest BCUT2D eigenvalue weighted by molar-refractivity contribution is 5.78. The van der Waals surface area contributed by atoms with Crippen molar-refractivity contribution in [2.45, 2.75) is 24.3 Å². The average molecular weight is 236 g/mol. The maximum absolute atomic E-state index is 11.5. The largest absolute Gasteiger partial charge is 0.497 e. The molecule has 1 atom stereocenters. The number of nitrogens with two attached hydrogens (primary N) is 1. The molecule has 1 aliphatic carbocycles. The van der Waals surface area contributed by atoms with Crippen molar-refractivity contribution >= 4 is 5.97 Å². The Morgan fingerprint density at radius 2 is 2.24 bits per heavy atom. The molecule has 2 rings (SSSR count). The first-order chi connectivity index (χ1) is 8.14. The molecule has 5 heteroatoms. The predicted molar refractivity (Wildman–Crippen MR) is 61.7 cm³/mol. The molecule has 0 aromatic carbocycles. The van der Waals surface area contributed by atoms with Gasteiger partial charge in [-0.15, -0.1) is 0 Å². The fraction of sp³-hybridized carbons (Fsp3) is 0.500. The molecule has 1 unspecified atom stereocenters. The molecule has 0 saturated heterocycles. The van der Waals surface area contributed by atoms with Gasteiger partial charge < -0.3 is 15.2 Å². The van der Waals surface area contributed by atoms with E-state index in [1.54, 1.807) is 19.4 Å². The summed E-state index contributed by atoms with van der Waals surface area (Å²) in [5, 5.41) is 0. The molecule has 1 aromatic heterocycles. The molecule has 0 aliphatic heterocycles. The first kappa shape index (κ1) is 11.9. The molecule has 0 bridgehead atoms. The number of methoxy groups -OCH3 is 2. The van der Waals surface area contributed by atoms with Crippen LogP contribution in [0.1, 0.15) is 18.5 Å². The minimum absolute atomic E-state index is 0.373. The number of carbonyl (C=O) groups excluding carboxylic acids is 1. The second kappa shape index (κ2) is 4.33. The smallest absolute Gasteiger partial charge is 0.323 e. The first-order valence-electron chi connectivity index (χ1n) is 5.48. The van der Waals surface area contributed by atoms with E-state index in [1.807, 2.05) is 6.07 Å². The number of hydrogen-bond acceptors (Lipinski definition) is 5. The van der Waals surface area contributed by atoms with E-state index in [0.29, 0.717) is 0 Å². The zero-order valence-electron chi connectivity index (χ0n) is 9.97. The zero-order chi connectivity index (χ0) is 12.5. The number of esters is 1. The van der Waals surface area contributed by atoms with Crippen molar-refractivity contribution in [2.75, 3.05) is 14.2 Å². The van der Waals surface area contributed by atoms with Gasteiger partial charge in [-0.25, -0.2) is 0 Å². The van der Waals surface area contributed by atoms with Gasteiger partial charge in [-0.1, -0.05) is 0 Å². The lowest BCUT2D eigenvalue weighted by atomic mass is 9.92. The topological polar surface area (TPSA) is 74.4 Å². The molecule has 1 heterocycles. The molecule has 92 valence electrons. The summed E-state index contributed by atoms with van der Waals surface area (Å²) < 4.78 is 9.84. The third kappa shape index (κ3) is 1.98. The van der Waals surface area contributed by atoms with E-state index in [2.05, 4.69) is 4.98 Å². The maximum Gasteiger partial charge on any atom is 0.323 e. The fourth-order valence-corrected chi connectivity index (χ4v) is 2.02. The van der Waals surface area contributed by atoms with E-state index in [9.17, 15) is 4.79 Å². The number of hydrogen-bond donors (Lipinski definition) is 1. The standard InChI is InChI=1S/C12H16N2O3/c1-16-8-3-6-14-9(7-8)12(4-5-12)10(13)11(15)17-2/h3,6-7,10H,4-5,13H2,1-2H3. The van der Waals surface area contributed by atoms with Crippen molar-refractivity contribution in [3.63, 3.8) is 0 Å². The Balaban J connectivity index is 2.29. The van der Waals surface area contributed by atoms with Crippen molar-refractivity contribution in [1.29, 1.82) is 0 Å². The Labute approximate surface area is 99.9 Å². The van der Waals surface area contributed by atoms with Crippen molar-refractivity contribution in [3.8, 4) is 5.75 Å². The molecule has 1 saturated carbocycles. The number of aromatic nitrogens is 1. The van der Waals surface area contributed by atoms with Gasteiger partial charge in [-0.2, -0.15) is 0 Å². The number of pyridine rings is 1. The minimum Gasteiger partial charge on any atom is -0.497 e. The molecule has 17 heavy (non-hydrogen) atoms. The highest BCUT2D eigenvalue weighted by atomic mass is 16.5. The molecule has 1 fully saturated rings. The quantitative estimate of drug-likeness (QED) is 0.776. The van der Waals surface area contributed by atoms with Crippen LogP contribution in [-0.4, -0.2) is 31.2 Å². The Bertz CT molecular complexity index is 430. The summed E-state index contributed by atoms with van der Waals surface area (Å²) in [5.74, 6) is 0.325. The molecule has 0 radical (unpaired) electrons. The molecular formula is C12H16N2O3. The van der Waals surface area contributed by atoms with Gasteiger partial charge in [0, 0.05) is 17.7 Å². The third-order valence-corrected chi connectivity index (χ3v) is 3.32. The minimum atomic E-state index is -0.660. The Morgan fingerprint density at radius 3 is 2.76 bits per heavy atom. The first-order valence-corrected chi connectivity index (χ1v) is 5.48. The van der Waals surface area contributed by atoms with Crippen LogP contribution in [0.25, 0.3) is 0 Å². The second-order valence-corrected chi connectivity index (χ2v) is 4.24. The summed E-state index contributed by atoms with van der Waals surface area (Å²) in [5.41, 5.74) is 6.36. The fourth-order valence-electron chi connectivity index (χ4n) is 2.02. The SMILES string of the molecule is COC(=O)C(N)C1(c2cc(OC)ccn2)CC1. The van der Waals surface area contributed by atoms with E-state index in [-0.39, 0.29) is 5.41 Å². The lowest BCUT2D eigenvalue weighted by Gasteiger charge is -2.20. The monoisotopic (exact) mass is 236 g/mol. The van der Waals surface area contributed by atoms with Crippen LogP contribution in [0, 0.1) is 0 Å². The van der Waals surface area contributed by atoms with E-state index in [1.165, 1.54) is 7.11 Å². The van der Waals surface area contributed by atoms with Gasteiger partial charge in [0.1, 0.15) is 11.8 Å². The normalized spacial score (nSPS) is 18.3. The summed E-state index contributed by atoms with van der Waals surface area (Å²) in [6.07, 6.45) is 3.37. The van der Waals surface area contributed by atoms with E-state index < -0.39 is 12.0 Å². The highest BCUT2D eigenvalue weighted by Crippen LogP contribution is 2.50. The molecular weight excluding hydrogens is 220 g/mol. The summed E-state index contributed by atoms with van der Waals surface area (Å²) in [4.78, 5) is 15.8. The van der Waals surface area contributed by atoms with Gasteiger partial charge >= 0.3 is 5.97 Å². The van der Waals surface area contributed by atoms with Crippen LogP contribution in [0.15, 0.2) is 18.3 Å². The summed E-state index contributed by atoms with van der Waals surface area (Å²) in [7, 11) is 2.94. The summed E-state index contributed by atoms with van der Waals surface area (Å²) >= 11 is 0. The number of carbonyl (C=O) groups is 1. The Kier molecular flexibility index (Phi) is 3.02. The number of rotatable bonds is 4. The van der Waals surface area contributed by atoms with E-state index >= 15 is 0 Å². The van der Waals surface area contributed by atoms with Crippen LogP contribution in [0.2, 0.25) is 0 Å². The molecule has 2 N–H and O–H groups in total. The lowest BCUT2D eigenvalue weighted by molar-refractivity contribution is -0.143. The molecule has 1 aromatic rings. The van der Waals surface area contributed by atoms with Gasteiger partial charge in [0.05, 0.1) is 19.9 Å². The van der Waals surface area contributed by atoms with Gasteiger partial charge in [-0.05, 0) is 18.9 Å². The second-order valence-electron chi connectivity index (χ2n) is 4.24. The van der Waals surface area contributed by atoms with Gasteiger partial charge in [0.2, 0.25) is 0 Å². The molecule has 1 aliphatic rings. The maximum atomic E-state index is 11.5. The van der Waals surface area contributed by atoms with Crippen LogP contribution < -0.4 is 10.5 Å². The van der Waals surface area contributed by atoms with Crippen molar-refractivity contribution in [1.82, 2.24) is 4.98 Å². The zero-order valence-corrected chi connectivity index (χ0v) is 9.97. The van der Waals surface area contributed by atoms with Gasteiger partial charge in [0.25, 0.3) is 0 Å². The highest BCUT2D eigenvalue weighted by Gasteiger charge is 2.54. The third-order valence-electron chi connectivity index (χ3n) is 3.32. The van der Waals surface area contributed by atoms with Crippen molar-refractivity contribution in [2.24, 2.45) is 5.73 Å². The average Bonchev–Trinajstić information content (AvgIpc) is 3.18. The van der Waals surface area contributed by atoms with Crippen LogP contribution >= 0.6 is 0 Å². The van der Waals surface area contributed by atoms with Gasteiger partial charge in [0.15, 0.2) is 0 Å². The number of nitrogens with zero attached hydrogens (tertiary/aromatic N) is 1. The van der Waals surface area contributed by atoms with Crippen LogP contribution in [0.4, 0.5) is 0 Å². The van der Waals surface area contributed by atoms with E-state index in [4.69, 9.17) is 15.2 Å². The molecule has 0 amide bonds.